The van der Waals surface area contributed by atoms with E-state index in [9.17, 15) is 19.8 Å². The van der Waals surface area contributed by atoms with Crippen molar-refractivity contribution in [2.45, 2.75) is 65.2 Å². The molecule has 2 aliphatic heterocycles. The molecule has 0 unspecified atom stereocenters. The van der Waals surface area contributed by atoms with E-state index in [1.165, 1.54) is 11.4 Å². The molecule has 2 aromatic carbocycles. The number of benzene rings is 2. The Morgan fingerprint density at radius 2 is 1.49 bits per heavy atom. The van der Waals surface area contributed by atoms with Crippen LogP contribution in [0.5, 0.6) is 0 Å². The fourth-order valence-electron chi connectivity index (χ4n) is 5.93. The summed E-state index contributed by atoms with van der Waals surface area (Å²) in [6.07, 6.45) is 6.51. The molecule has 0 amide bonds. The predicted molar refractivity (Wildman–Crippen MR) is 147 cm³/mol. The first-order valence-electron chi connectivity index (χ1n) is 12.9. The number of hydrogen-bond acceptors (Lipinski definition) is 3. The number of carboxylic acid groups (broad SMARTS) is 2. The maximum absolute atomic E-state index is 11.3. The van der Waals surface area contributed by atoms with Gasteiger partial charge in [0.05, 0.1) is 18.3 Å². The van der Waals surface area contributed by atoms with E-state index in [1.54, 1.807) is 0 Å². The average Bonchev–Trinajstić information content (AvgIpc) is 3.16. The first-order chi connectivity index (χ1) is 17.4. The van der Waals surface area contributed by atoms with Crippen LogP contribution in [0.4, 0.5) is 11.4 Å². The van der Waals surface area contributed by atoms with Crippen LogP contribution in [-0.4, -0.2) is 45.5 Å². The van der Waals surface area contributed by atoms with Crippen LogP contribution in [0.25, 0.3) is 0 Å². The fraction of sp³-hybridized carbons (Fsp3) is 0.387. The fourth-order valence-corrected chi connectivity index (χ4v) is 5.93. The van der Waals surface area contributed by atoms with Gasteiger partial charge in [-0.2, -0.15) is 4.58 Å². The minimum absolute atomic E-state index is 0.0173. The molecular formula is C31H37N2O4+. The smallest absolute Gasteiger partial charge is 0.307 e. The largest absolute Gasteiger partial charge is 0.481 e. The second-order valence-electron chi connectivity index (χ2n) is 10.9. The van der Waals surface area contributed by atoms with Crippen molar-refractivity contribution in [2.75, 3.05) is 18.0 Å². The molecule has 0 radical (unpaired) electrons. The zero-order valence-electron chi connectivity index (χ0n) is 22.6. The van der Waals surface area contributed by atoms with E-state index in [1.807, 2.05) is 36.4 Å². The Kier molecular flexibility index (Phi) is 6.89. The van der Waals surface area contributed by atoms with Gasteiger partial charge in [0.15, 0.2) is 5.71 Å². The molecule has 37 heavy (non-hydrogen) atoms. The molecule has 4 rings (SSSR count). The predicted octanol–water partition coefficient (Wildman–Crippen LogP) is 5.59. The van der Waals surface area contributed by atoms with Crippen LogP contribution in [0.1, 0.15) is 63.8 Å². The SMILES string of the molecule is CCN1/C(=C\C=C\C2=[N+](CC)c3ccc(CC(=O)O)cc3C2(C)C)C(C)(C)c2cc(CC(=O)O)ccc21. The molecule has 0 aliphatic carbocycles. The summed E-state index contributed by atoms with van der Waals surface area (Å²) in [6, 6.07) is 12.0. The van der Waals surface area contributed by atoms with Crippen LogP contribution < -0.4 is 4.90 Å². The van der Waals surface area contributed by atoms with E-state index >= 15 is 0 Å². The number of likely N-dealkylation sites (N-methyl/N-ethyl adjacent to an activating group) is 1. The molecule has 6 heteroatoms. The van der Waals surface area contributed by atoms with Gasteiger partial charge in [0.2, 0.25) is 5.69 Å². The summed E-state index contributed by atoms with van der Waals surface area (Å²) in [7, 11) is 0. The molecule has 0 spiro atoms. The van der Waals surface area contributed by atoms with E-state index in [4.69, 9.17) is 0 Å². The number of fused-ring (bicyclic) bond motifs is 2. The molecular weight excluding hydrogens is 464 g/mol. The highest BCUT2D eigenvalue weighted by molar-refractivity contribution is 6.03. The van der Waals surface area contributed by atoms with Crippen LogP contribution in [0.2, 0.25) is 0 Å². The zero-order valence-corrected chi connectivity index (χ0v) is 22.6. The quantitative estimate of drug-likeness (QED) is 0.461. The first-order valence-corrected chi connectivity index (χ1v) is 12.9. The van der Waals surface area contributed by atoms with Crippen LogP contribution in [0, 0.1) is 0 Å². The third kappa shape index (κ3) is 4.61. The third-order valence-corrected chi connectivity index (χ3v) is 7.76. The van der Waals surface area contributed by atoms with Crippen molar-refractivity contribution in [1.29, 1.82) is 0 Å². The highest BCUT2D eigenvalue weighted by Gasteiger charge is 2.44. The van der Waals surface area contributed by atoms with Gasteiger partial charge in [-0.15, -0.1) is 0 Å². The minimum Gasteiger partial charge on any atom is -0.481 e. The van der Waals surface area contributed by atoms with E-state index in [0.717, 1.165) is 46.7 Å². The van der Waals surface area contributed by atoms with Crippen LogP contribution in [-0.2, 0) is 33.3 Å². The number of hydrogen-bond donors (Lipinski definition) is 2. The van der Waals surface area contributed by atoms with Crippen LogP contribution in [0.3, 0.4) is 0 Å². The van der Waals surface area contributed by atoms with Crippen molar-refractivity contribution in [1.82, 2.24) is 0 Å². The summed E-state index contributed by atoms with van der Waals surface area (Å²) in [5, 5.41) is 18.5. The Morgan fingerprint density at radius 1 is 0.892 bits per heavy atom. The Bertz CT molecular complexity index is 1360. The number of allylic oxidation sites excluding steroid dienone is 4. The molecule has 0 saturated heterocycles. The van der Waals surface area contributed by atoms with Crippen molar-refractivity contribution < 1.29 is 24.4 Å². The lowest BCUT2D eigenvalue weighted by molar-refractivity contribution is -0.433. The van der Waals surface area contributed by atoms with Gasteiger partial charge in [-0.05, 0) is 62.6 Å². The lowest BCUT2D eigenvalue weighted by Gasteiger charge is -2.25. The molecule has 6 nitrogen and oxygen atoms in total. The highest BCUT2D eigenvalue weighted by Crippen LogP contribution is 2.48. The first kappa shape index (κ1) is 26.4. The van der Waals surface area contributed by atoms with Crippen molar-refractivity contribution in [3.8, 4) is 0 Å². The number of carboxylic acids is 2. The van der Waals surface area contributed by atoms with Gasteiger partial charge in [-0.25, -0.2) is 0 Å². The molecule has 2 aromatic rings. The normalized spacial score (nSPS) is 18.5. The number of nitrogens with zero attached hydrogens (tertiary/aromatic N) is 2. The summed E-state index contributed by atoms with van der Waals surface area (Å²) in [5.74, 6) is -1.65. The summed E-state index contributed by atoms with van der Waals surface area (Å²) in [4.78, 5) is 24.8. The van der Waals surface area contributed by atoms with Crippen LogP contribution in [0.15, 0.2) is 60.3 Å². The monoisotopic (exact) mass is 501 g/mol. The number of carbonyl (C=O) groups is 2. The van der Waals surface area contributed by atoms with Gasteiger partial charge in [0, 0.05) is 41.1 Å². The second-order valence-corrected chi connectivity index (χ2v) is 10.9. The molecule has 2 N–H and O–H groups in total. The molecule has 194 valence electrons. The highest BCUT2D eigenvalue weighted by atomic mass is 16.4. The van der Waals surface area contributed by atoms with Gasteiger partial charge in [0.1, 0.15) is 6.54 Å². The zero-order chi connectivity index (χ0) is 27.1. The molecule has 2 aliphatic rings. The maximum Gasteiger partial charge on any atom is 0.307 e. The number of rotatable bonds is 8. The minimum atomic E-state index is -0.824. The van der Waals surface area contributed by atoms with E-state index in [-0.39, 0.29) is 23.7 Å². The lowest BCUT2D eigenvalue weighted by Crippen LogP contribution is -2.28. The summed E-state index contributed by atoms with van der Waals surface area (Å²) < 4.78 is 2.30. The number of anilines is 1. The van der Waals surface area contributed by atoms with Gasteiger partial charge in [0.25, 0.3) is 0 Å². The van der Waals surface area contributed by atoms with Crippen molar-refractivity contribution in [3.63, 3.8) is 0 Å². The standard InChI is InChI=1S/C31H36N2O4/c1-7-32-24-14-12-20(18-28(34)35)16-22(24)30(3,4)26(32)10-9-11-27-31(5,6)23-17-21(19-29(36)37)13-15-25(23)33(27)8-2/h9-17H,7-8,18-19H2,1-6H3,(H-,34,35,36,37)/p+1. The summed E-state index contributed by atoms with van der Waals surface area (Å²) in [5.41, 5.74) is 8.00. The molecule has 0 aromatic heterocycles. The van der Waals surface area contributed by atoms with Crippen molar-refractivity contribution in [3.05, 3.63) is 82.6 Å². The lowest BCUT2D eigenvalue weighted by atomic mass is 9.80. The Balaban J connectivity index is 1.71. The maximum atomic E-state index is 11.3. The molecule has 0 fully saturated rings. The Morgan fingerprint density at radius 3 is 2.05 bits per heavy atom. The molecule has 0 bridgehead atoms. The van der Waals surface area contributed by atoms with Gasteiger partial charge < -0.3 is 15.1 Å². The molecule has 2 heterocycles. The molecule has 0 atom stereocenters. The van der Waals surface area contributed by atoms with Gasteiger partial charge in [-0.3, -0.25) is 9.59 Å². The van der Waals surface area contributed by atoms with Crippen LogP contribution >= 0.6 is 0 Å². The van der Waals surface area contributed by atoms with E-state index in [0.29, 0.717) is 0 Å². The van der Waals surface area contributed by atoms with Gasteiger partial charge in [-0.1, -0.05) is 38.1 Å². The molecule has 0 saturated carbocycles. The Hall–Kier alpha value is -3.67. The topological polar surface area (TPSA) is 80.8 Å². The Labute approximate surface area is 219 Å². The van der Waals surface area contributed by atoms with Gasteiger partial charge >= 0.3 is 11.9 Å². The summed E-state index contributed by atoms with van der Waals surface area (Å²) in [6.45, 7) is 14.7. The summed E-state index contributed by atoms with van der Waals surface area (Å²) >= 11 is 0. The second kappa shape index (κ2) is 9.66. The van der Waals surface area contributed by atoms with E-state index < -0.39 is 11.9 Å². The third-order valence-electron chi connectivity index (χ3n) is 7.76. The number of aliphatic carboxylic acids is 2. The van der Waals surface area contributed by atoms with Crippen molar-refractivity contribution in [2.24, 2.45) is 0 Å². The average molecular weight is 502 g/mol. The van der Waals surface area contributed by atoms with Crippen molar-refractivity contribution >= 4 is 29.0 Å². The van der Waals surface area contributed by atoms with E-state index in [2.05, 4.69) is 69.2 Å².